The van der Waals surface area contributed by atoms with Crippen LogP contribution in [0.3, 0.4) is 0 Å². The lowest BCUT2D eigenvalue weighted by Crippen LogP contribution is -2.50. The number of phenols is 1. The molecule has 0 aliphatic carbocycles. The van der Waals surface area contributed by atoms with Gasteiger partial charge in [0.05, 0.1) is 13.7 Å². The summed E-state index contributed by atoms with van der Waals surface area (Å²) in [6.45, 7) is 8.54. The zero-order valence-corrected chi connectivity index (χ0v) is 16.8. The van der Waals surface area contributed by atoms with Crippen LogP contribution in [0.25, 0.3) is 0 Å². The lowest BCUT2D eigenvalue weighted by molar-refractivity contribution is -0.135. The molecule has 1 heterocycles. The number of phenolic OH excluding ortho intramolecular Hbond substituents is 1. The van der Waals surface area contributed by atoms with Gasteiger partial charge in [-0.2, -0.15) is 0 Å². The first-order chi connectivity index (χ1) is 13.0. The van der Waals surface area contributed by atoms with Crippen LogP contribution < -0.4 is 15.4 Å². The van der Waals surface area contributed by atoms with Gasteiger partial charge in [0.1, 0.15) is 0 Å². The highest BCUT2D eigenvalue weighted by atomic mass is 16.5. The molecule has 1 aromatic carbocycles. The number of ether oxygens (including phenoxy) is 1. The average molecular weight is 377 g/mol. The van der Waals surface area contributed by atoms with Crippen molar-refractivity contribution in [1.82, 2.24) is 15.5 Å². The predicted molar refractivity (Wildman–Crippen MR) is 107 cm³/mol. The van der Waals surface area contributed by atoms with Gasteiger partial charge in [0.25, 0.3) is 0 Å². The first-order valence-corrected chi connectivity index (χ1v) is 9.64. The predicted octanol–water partition coefficient (Wildman–Crippen LogP) is 2.10. The molecule has 3 N–H and O–H groups in total. The van der Waals surface area contributed by atoms with Gasteiger partial charge in [0.15, 0.2) is 17.5 Å². The number of piperidine rings is 1. The highest BCUT2D eigenvalue weighted by Gasteiger charge is 2.24. The first-order valence-electron chi connectivity index (χ1n) is 9.64. The van der Waals surface area contributed by atoms with E-state index in [0.717, 1.165) is 32.5 Å². The molecule has 1 aromatic rings. The molecular weight excluding hydrogens is 344 g/mol. The third kappa shape index (κ3) is 5.77. The van der Waals surface area contributed by atoms with Gasteiger partial charge >= 0.3 is 0 Å². The number of nitrogens with one attached hydrogen (secondary N) is 2. The number of hydrogen-bond acceptors (Lipinski definition) is 4. The van der Waals surface area contributed by atoms with Gasteiger partial charge in [0.2, 0.25) is 5.91 Å². The molecule has 1 fully saturated rings. The van der Waals surface area contributed by atoms with E-state index in [1.165, 1.54) is 7.11 Å². The van der Waals surface area contributed by atoms with E-state index in [1.807, 2.05) is 37.8 Å². The van der Waals surface area contributed by atoms with Crippen LogP contribution in [0, 0.1) is 5.92 Å². The van der Waals surface area contributed by atoms with Crippen LogP contribution in [0.15, 0.2) is 23.2 Å². The fourth-order valence-electron chi connectivity index (χ4n) is 3.15. The van der Waals surface area contributed by atoms with Crippen LogP contribution >= 0.6 is 0 Å². The van der Waals surface area contributed by atoms with Gasteiger partial charge in [-0.15, -0.1) is 0 Å². The highest BCUT2D eigenvalue weighted by Crippen LogP contribution is 2.29. The van der Waals surface area contributed by atoms with Crippen molar-refractivity contribution in [2.75, 3.05) is 26.7 Å². The Balaban J connectivity index is 1.96. The second-order valence-corrected chi connectivity index (χ2v) is 7.06. The summed E-state index contributed by atoms with van der Waals surface area (Å²) in [5.41, 5.74) is 0.712. The Morgan fingerprint density at radius 3 is 2.67 bits per heavy atom. The molecule has 0 aromatic heterocycles. The largest absolute Gasteiger partial charge is 0.504 e. The van der Waals surface area contributed by atoms with E-state index in [0.29, 0.717) is 23.8 Å². The fourth-order valence-corrected chi connectivity index (χ4v) is 3.15. The molecule has 0 unspecified atom stereocenters. The molecule has 7 nitrogen and oxygen atoms in total. The Bertz CT molecular complexity index is 653. The topological polar surface area (TPSA) is 86.2 Å². The van der Waals surface area contributed by atoms with E-state index < -0.39 is 0 Å². The Kier molecular flexibility index (Phi) is 7.76. The molecular formula is C20H32N4O3. The van der Waals surface area contributed by atoms with E-state index in [9.17, 15) is 9.90 Å². The summed E-state index contributed by atoms with van der Waals surface area (Å²) < 4.78 is 5.15. The third-order valence-electron chi connectivity index (χ3n) is 4.70. The normalized spacial score (nSPS) is 15.7. The number of benzene rings is 1. The van der Waals surface area contributed by atoms with Crippen molar-refractivity contribution in [1.29, 1.82) is 0 Å². The standard InChI is InChI=1S/C20H32N4O3/c1-5-21-20(22-13-15-7-6-8-17(27-4)18(15)25)23-16-9-11-24(12-10-16)19(26)14(2)3/h6-8,14,16,25H,5,9-13H2,1-4H3,(H2,21,22,23). The van der Waals surface area contributed by atoms with Crippen LogP contribution in [0.4, 0.5) is 0 Å². The van der Waals surface area contributed by atoms with E-state index in [4.69, 9.17) is 4.74 Å². The minimum Gasteiger partial charge on any atom is -0.504 e. The molecule has 1 aliphatic rings. The fraction of sp³-hybridized carbons (Fsp3) is 0.600. The Hall–Kier alpha value is -2.44. The van der Waals surface area contributed by atoms with Gasteiger partial charge in [-0.3, -0.25) is 4.79 Å². The summed E-state index contributed by atoms with van der Waals surface area (Å²) in [5, 5.41) is 16.9. The Morgan fingerprint density at radius 1 is 1.37 bits per heavy atom. The first kappa shape index (κ1) is 20.9. The SMILES string of the molecule is CCNC(=NCc1cccc(OC)c1O)NC1CCN(C(=O)C(C)C)CC1. The van der Waals surface area contributed by atoms with Crippen LogP contribution in [-0.2, 0) is 11.3 Å². The van der Waals surface area contributed by atoms with E-state index >= 15 is 0 Å². The molecule has 0 saturated carbocycles. The van der Waals surface area contributed by atoms with Crippen LogP contribution in [-0.4, -0.2) is 54.7 Å². The lowest BCUT2D eigenvalue weighted by Gasteiger charge is -2.34. The minimum atomic E-state index is 0.0453. The van der Waals surface area contributed by atoms with Gasteiger partial charge in [-0.1, -0.05) is 26.0 Å². The summed E-state index contributed by atoms with van der Waals surface area (Å²) in [6, 6.07) is 5.67. The van der Waals surface area contributed by atoms with Gasteiger partial charge in [0, 0.05) is 37.2 Å². The van der Waals surface area contributed by atoms with Gasteiger partial charge in [-0.05, 0) is 25.8 Å². The molecule has 7 heteroatoms. The Morgan fingerprint density at radius 2 is 2.07 bits per heavy atom. The summed E-state index contributed by atoms with van der Waals surface area (Å²) in [6.07, 6.45) is 1.79. The van der Waals surface area contributed by atoms with Crippen LogP contribution in [0.1, 0.15) is 39.2 Å². The number of amides is 1. The summed E-state index contributed by atoms with van der Waals surface area (Å²) >= 11 is 0. The van der Waals surface area contributed by atoms with Gasteiger partial charge < -0.3 is 25.4 Å². The van der Waals surface area contributed by atoms with Crippen molar-refractivity contribution in [2.24, 2.45) is 10.9 Å². The molecule has 1 saturated heterocycles. The Labute approximate surface area is 161 Å². The number of likely N-dealkylation sites (tertiary alicyclic amines) is 1. The molecule has 0 radical (unpaired) electrons. The van der Waals surface area contributed by atoms with Crippen molar-refractivity contribution in [3.63, 3.8) is 0 Å². The smallest absolute Gasteiger partial charge is 0.225 e. The number of methoxy groups -OCH3 is 1. The maximum atomic E-state index is 12.1. The van der Waals surface area contributed by atoms with Crippen LogP contribution in [0.2, 0.25) is 0 Å². The number of carbonyl (C=O) groups is 1. The average Bonchev–Trinajstić information content (AvgIpc) is 2.67. The number of nitrogens with zero attached hydrogens (tertiary/aromatic N) is 2. The molecule has 0 spiro atoms. The van der Waals surface area contributed by atoms with Gasteiger partial charge in [-0.25, -0.2) is 4.99 Å². The minimum absolute atomic E-state index is 0.0453. The number of para-hydroxylation sites is 1. The molecule has 27 heavy (non-hydrogen) atoms. The molecule has 1 aliphatic heterocycles. The van der Waals surface area contributed by atoms with E-state index in [1.54, 1.807) is 6.07 Å². The highest BCUT2D eigenvalue weighted by molar-refractivity contribution is 5.80. The zero-order valence-electron chi connectivity index (χ0n) is 16.8. The van der Waals surface area contributed by atoms with Crippen LogP contribution in [0.5, 0.6) is 11.5 Å². The van der Waals surface area contributed by atoms with E-state index in [2.05, 4.69) is 15.6 Å². The van der Waals surface area contributed by atoms with Crippen molar-refractivity contribution in [3.05, 3.63) is 23.8 Å². The summed E-state index contributed by atoms with van der Waals surface area (Å²) in [4.78, 5) is 18.6. The number of aromatic hydroxyl groups is 1. The van der Waals surface area contributed by atoms with Crippen molar-refractivity contribution in [3.8, 4) is 11.5 Å². The number of guanidine groups is 1. The lowest BCUT2D eigenvalue weighted by atomic mass is 10.0. The number of aliphatic imine (C=N–C) groups is 1. The molecule has 150 valence electrons. The second kappa shape index (κ2) is 10.0. The number of carbonyl (C=O) groups excluding carboxylic acids is 1. The maximum absolute atomic E-state index is 12.1. The van der Waals surface area contributed by atoms with E-state index in [-0.39, 0.29) is 23.6 Å². The summed E-state index contributed by atoms with van der Waals surface area (Å²) in [5.74, 6) is 1.56. The van der Waals surface area contributed by atoms with Crippen molar-refractivity contribution in [2.45, 2.75) is 46.2 Å². The maximum Gasteiger partial charge on any atom is 0.225 e. The summed E-state index contributed by atoms with van der Waals surface area (Å²) in [7, 11) is 1.53. The molecule has 0 atom stereocenters. The monoisotopic (exact) mass is 376 g/mol. The zero-order chi connectivity index (χ0) is 19.8. The van der Waals surface area contributed by atoms with Crippen molar-refractivity contribution < 1.29 is 14.6 Å². The third-order valence-corrected chi connectivity index (χ3v) is 4.70. The number of rotatable bonds is 6. The molecule has 2 rings (SSSR count). The second-order valence-electron chi connectivity index (χ2n) is 7.06. The molecule has 1 amide bonds. The number of hydrogen-bond donors (Lipinski definition) is 3. The quantitative estimate of drug-likeness (QED) is 0.523. The molecule has 0 bridgehead atoms. The van der Waals surface area contributed by atoms with Crippen molar-refractivity contribution >= 4 is 11.9 Å².